The summed E-state index contributed by atoms with van der Waals surface area (Å²) in [5, 5.41) is 2.54. The van der Waals surface area contributed by atoms with Crippen LogP contribution in [0.15, 0.2) is 5.38 Å². The fraction of sp³-hybridized carbons (Fsp3) is 0.625. The van der Waals surface area contributed by atoms with Gasteiger partial charge < -0.3 is 10.5 Å². The lowest BCUT2D eigenvalue weighted by molar-refractivity contribution is 0.0492. The topological polar surface area (TPSA) is 48.1 Å². The molecule has 1 aromatic heterocycles. The Bertz CT molecular complexity index is 237. The Morgan fingerprint density at radius 1 is 1.75 bits per heavy atom. The molecular weight excluding hydrogens is 172 g/mol. The summed E-state index contributed by atoms with van der Waals surface area (Å²) in [5.41, 5.74) is 6.40. The molecule has 1 atom stereocenters. The first-order valence-corrected chi connectivity index (χ1v) is 4.91. The van der Waals surface area contributed by atoms with Gasteiger partial charge in [0.25, 0.3) is 0 Å². The van der Waals surface area contributed by atoms with Gasteiger partial charge in [-0.1, -0.05) is 6.92 Å². The maximum absolute atomic E-state index is 5.48. The molecule has 1 aromatic rings. The molecule has 68 valence electrons. The van der Waals surface area contributed by atoms with Crippen LogP contribution < -0.4 is 5.73 Å². The molecule has 0 aliphatic heterocycles. The first-order chi connectivity index (χ1) is 5.72. The molecule has 0 aliphatic carbocycles. The predicted octanol–water partition coefficient (Wildman–Crippen LogP) is 2.04. The molecule has 0 saturated heterocycles. The number of aromatic nitrogens is 1. The van der Waals surface area contributed by atoms with Crippen LogP contribution in [-0.4, -0.2) is 11.1 Å². The third-order valence-electron chi connectivity index (χ3n) is 1.66. The molecule has 0 radical (unpaired) electrons. The number of hydrogen-bond acceptors (Lipinski definition) is 4. The fourth-order valence-electron chi connectivity index (χ4n) is 0.734. The van der Waals surface area contributed by atoms with Crippen molar-refractivity contribution in [3.8, 4) is 0 Å². The molecule has 1 rings (SSSR count). The van der Waals surface area contributed by atoms with Gasteiger partial charge in [-0.3, -0.25) is 0 Å². The zero-order valence-electron chi connectivity index (χ0n) is 7.41. The number of hydrogen-bond donors (Lipinski definition) is 1. The number of nitrogen functional groups attached to an aromatic ring is 1. The first-order valence-electron chi connectivity index (χ1n) is 4.04. The highest BCUT2D eigenvalue weighted by Gasteiger charge is 2.01. The summed E-state index contributed by atoms with van der Waals surface area (Å²) in [7, 11) is 0. The average Bonchev–Trinajstić information content (AvgIpc) is 2.47. The van der Waals surface area contributed by atoms with Crippen molar-refractivity contribution in [1.82, 2.24) is 4.98 Å². The van der Waals surface area contributed by atoms with Gasteiger partial charge in [0.2, 0.25) is 0 Å². The lowest BCUT2D eigenvalue weighted by Gasteiger charge is -2.07. The van der Waals surface area contributed by atoms with Gasteiger partial charge >= 0.3 is 0 Å². The molecule has 0 bridgehead atoms. The zero-order valence-corrected chi connectivity index (χ0v) is 8.23. The molecule has 0 fully saturated rings. The molecule has 3 nitrogen and oxygen atoms in total. The molecule has 0 saturated carbocycles. The maximum atomic E-state index is 5.48. The van der Waals surface area contributed by atoms with Crippen LogP contribution in [0.1, 0.15) is 26.0 Å². The highest BCUT2D eigenvalue weighted by atomic mass is 32.1. The molecular formula is C8H14N2OS. The van der Waals surface area contributed by atoms with E-state index in [1.54, 1.807) is 0 Å². The molecule has 1 unspecified atom stereocenters. The molecule has 1 heterocycles. The number of ether oxygens (including phenoxy) is 1. The first kappa shape index (κ1) is 9.48. The summed E-state index contributed by atoms with van der Waals surface area (Å²) >= 11 is 1.45. The van der Waals surface area contributed by atoms with Gasteiger partial charge in [0.1, 0.15) is 0 Å². The fourth-order valence-corrected chi connectivity index (χ4v) is 1.28. The van der Waals surface area contributed by atoms with E-state index in [0.29, 0.717) is 17.8 Å². The molecule has 0 aromatic carbocycles. The second-order valence-corrected chi connectivity index (χ2v) is 3.60. The van der Waals surface area contributed by atoms with Crippen LogP contribution >= 0.6 is 11.3 Å². The van der Waals surface area contributed by atoms with Crippen molar-refractivity contribution in [2.45, 2.75) is 33.0 Å². The molecule has 0 amide bonds. The van der Waals surface area contributed by atoms with E-state index in [2.05, 4.69) is 18.8 Å². The van der Waals surface area contributed by atoms with Gasteiger partial charge in [-0.25, -0.2) is 4.98 Å². The highest BCUT2D eigenvalue weighted by molar-refractivity contribution is 7.13. The van der Waals surface area contributed by atoms with E-state index in [4.69, 9.17) is 10.5 Å². The number of anilines is 1. The molecule has 0 spiro atoms. The third-order valence-corrected chi connectivity index (χ3v) is 2.38. The number of thiazole rings is 1. The predicted molar refractivity (Wildman–Crippen MR) is 51.1 cm³/mol. The average molecular weight is 186 g/mol. The number of nitrogens with two attached hydrogens (primary N) is 1. The Morgan fingerprint density at radius 2 is 2.50 bits per heavy atom. The van der Waals surface area contributed by atoms with Gasteiger partial charge in [-0.2, -0.15) is 0 Å². The van der Waals surface area contributed by atoms with E-state index >= 15 is 0 Å². The van der Waals surface area contributed by atoms with E-state index in [-0.39, 0.29) is 0 Å². The smallest absolute Gasteiger partial charge is 0.180 e. The van der Waals surface area contributed by atoms with E-state index in [0.717, 1.165) is 12.1 Å². The van der Waals surface area contributed by atoms with Crippen LogP contribution in [-0.2, 0) is 11.3 Å². The van der Waals surface area contributed by atoms with Crippen molar-refractivity contribution < 1.29 is 4.74 Å². The molecule has 12 heavy (non-hydrogen) atoms. The van der Waals surface area contributed by atoms with Crippen LogP contribution in [0.2, 0.25) is 0 Å². The van der Waals surface area contributed by atoms with Crippen molar-refractivity contribution in [2.75, 3.05) is 5.73 Å². The van der Waals surface area contributed by atoms with Crippen LogP contribution in [0.5, 0.6) is 0 Å². The summed E-state index contributed by atoms with van der Waals surface area (Å²) in [6.07, 6.45) is 1.33. The Morgan fingerprint density at radius 3 is 3.00 bits per heavy atom. The third kappa shape index (κ3) is 2.79. The Balaban J connectivity index is 2.33. The number of rotatable bonds is 4. The SMILES string of the molecule is CCC(C)OCc1csc(N)n1. The van der Waals surface area contributed by atoms with Gasteiger partial charge in [0.15, 0.2) is 5.13 Å². The highest BCUT2D eigenvalue weighted by Crippen LogP contribution is 2.12. The van der Waals surface area contributed by atoms with Crippen LogP contribution in [0.25, 0.3) is 0 Å². The van der Waals surface area contributed by atoms with Crippen LogP contribution in [0.4, 0.5) is 5.13 Å². The zero-order chi connectivity index (χ0) is 8.97. The van der Waals surface area contributed by atoms with Crippen LogP contribution in [0, 0.1) is 0 Å². The number of nitrogens with zero attached hydrogens (tertiary/aromatic N) is 1. The van der Waals surface area contributed by atoms with Crippen molar-refractivity contribution in [3.63, 3.8) is 0 Å². The van der Waals surface area contributed by atoms with Gasteiger partial charge in [0, 0.05) is 5.38 Å². The van der Waals surface area contributed by atoms with E-state index < -0.39 is 0 Å². The molecule has 4 heteroatoms. The largest absolute Gasteiger partial charge is 0.375 e. The van der Waals surface area contributed by atoms with Crippen molar-refractivity contribution >= 4 is 16.5 Å². The minimum atomic E-state index is 0.299. The Kier molecular flexibility index (Phi) is 3.49. The minimum Gasteiger partial charge on any atom is -0.375 e. The second kappa shape index (κ2) is 4.42. The summed E-state index contributed by atoms with van der Waals surface area (Å²) in [5.74, 6) is 0. The quantitative estimate of drug-likeness (QED) is 0.782. The molecule has 0 aliphatic rings. The van der Waals surface area contributed by atoms with Gasteiger partial charge in [-0.05, 0) is 13.3 Å². The standard InChI is InChI=1S/C8H14N2OS/c1-3-6(2)11-4-7-5-12-8(9)10-7/h5-6H,3-4H2,1-2H3,(H2,9,10). The van der Waals surface area contributed by atoms with Crippen molar-refractivity contribution in [3.05, 3.63) is 11.1 Å². The Labute approximate surface area is 76.6 Å². The lowest BCUT2D eigenvalue weighted by atomic mass is 10.3. The maximum Gasteiger partial charge on any atom is 0.180 e. The summed E-state index contributed by atoms with van der Waals surface area (Å²) in [6, 6.07) is 0. The van der Waals surface area contributed by atoms with Crippen molar-refractivity contribution in [2.24, 2.45) is 0 Å². The lowest BCUT2D eigenvalue weighted by Crippen LogP contribution is -2.06. The van der Waals surface area contributed by atoms with Crippen molar-refractivity contribution in [1.29, 1.82) is 0 Å². The second-order valence-electron chi connectivity index (χ2n) is 2.71. The monoisotopic (exact) mass is 186 g/mol. The normalized spacial score (nSPS) is 13.2. The van der Waals surface area contributed by atoms with Gasteiger partial charge in [-0.15, -0.1) is 11.3 Å². The summed E-state index contributed by atoms with van der Waals surface area (Å²) in [4.78, 5) is 4.09. The summed E-state index contributed by atoms with van der Waals surface area (Å²) in [6.45, 7) is 4.72. The van der Waals surface area contributed by atoms with Crippen LogP contribution in [0.3, 0.4) is 0 Å². The van der Waals surface area contributed by atoms with E-state index in [1.165, 1.54) is 11.3 Å². The molecule has 2 N–H and O–H groups in total. The van der Waals surface area contributed by atoms with E-state index in [1.807, 2.05) is 5.38 Å². The summed E-state index contributed by atoms with van der Waals surface area (Å²) < 4.78 is 5.48. The van der Waals surface area contributed by atoms with E-state index in [9.17, 15) is 0 Å². The minimum absolute atomic E-state index is 0.299. The Hall–Kier alpha value is -0.610. The van der Waals surface area contributed by atoms with Gasteiger partial charge in [0.05, 0.1) is 18.4 Å².